The van der Waals surface area contributed by atoms with Crippen LogP contribution in [-0.4, -0.2) is 30.6 Å². The smallest absolute Gasteiger partial charge is 0.325 e. The summed E-state index contributed by atoms with van der Waals surface area (Å²) >= 11 is 4.82. The lowest BCUT2D eigenvalue weighted by Crippen LogP contribution is -2.31. The number of hydrogen-bond acceptors (Lipinski definition) is 5. The number of anilines is 1. The lowest BCUT2D eigenvalue weighted by molar-refractivity contribution is -0.141. The molecule has 0 aliphatic rings. The molecule has 0 spiro atoms. The summed E-state index contributed by atoms with van der Waals surface area (Å²) < 4.78 is 5.73. The zero-order chi connectivity index (χ0) is 12.0. The number of aromatic nitrogens is 1. The van der Waals surface area contributed by atoms with E-state index < -0.39 is 0 Å². The summed E-state index contributed by atoms with van der Waals surface area (Å²) in [6.45, 7) is 5.36. The number of rotatable bonds is 6. The number of thiazole rings is 1. The zero-order valence-electron chi connectivity index (χ0n) is 9.40. The first kappa shape index (κ1) is 13.4. The number of ether oxygens (including phenoxy) is 1. The first-order valence-corrected chi connectivity index (χ1v) is 6.86. The van der Waals surface area contributed by atoms with Crippen LogP contribution in [0.3, 0.4) is 0 Å². The van der Waals surface area contributed by atoms with E-state index in [0.717, 1.165) is 22.7 Å². The fourth-order valence-corrected chi connectivity index (χ4v) is 2.54. The Morgan fingerprint density at radius 1 is 1.62 bits per heavy atom. The third-order valence-corrected chi connectivity index (χ3v) is 3.46. The largest absolute Gasteiger partial charge is 0.465 e. The Balaban J connectivity index is 2.64. The van der Waals surface area contributed by atoms with Gasteiger partial charge in [-0.2, -0.15) is 0 Å². The van der Waals surface area contributed by atoms with Crippen LogP contribution in [0.5, 0.6) is 0 Å². The first-order chi connectivity index (χ1) is 7.67. The maximum atomic E-state index is 11.4. The molecule has 1 heterocycles. The summed E-state index contributed by atoms with van der Waals surface area (Å²) in [4.78, 5) is 17.6. The van der Waals surface area contributed by atoms with Crippen LogP contribution < -0.4 is 4.90 Å². The maximum Gasteiger partial charge on any atom is 0.325 e. The van der Waals surface area contributed by atoms with Gasteiger partial charge in [-0.3, -0.25) is 4.79 Å². The van der Waals surface area contributed by atoms with Gasteiger partial charge in [-0.1, -0.05) is 6.92 Å². The topological polar surface area (TPSA) is 42.4 Å². The van der Waals surface area contributed by atoms with Crippen molar-refractivity contribution in [2.45, 2.75) is 20.3 Å². The standard InChI is InChI=1S/C10H15BrN2O2S/c1-3-5-13(6-9(14)15-4-2)10-12-8(11)7-16-10/h7H,3-6H2,1-2H3. The molecule has 0 aromatic carbocycles. The third-order valence-electron chi connectivity index (χ3n) is 1.85. The highest BCUT2D eigenvalue weighted by atomic mass is 79.9. The summed E-state index contributed by atoms with van der Waals surface area (Å²) in [6.07, 6.45) is 0.969. The van der Waals surface area contributed by atoms with Crippen LogP contribution in [0.25, 0.3) is 0 Å². The number of carbonyl (C=O) groups is 1. The Morgan fingerprint density at radius 2 is 2.38 bits per heavy atom. The highest BCUT2D eigenvalue weighted by Gasteiger charge is 2.14. The summed E-state index contributed by atoms with van der Waals surface area (Å²) in [6, 6.07) is 0. The second-order valence-corrected chi connectivity index (χ2v) is 4.83. The molecule has 1 aromatic heterocycles. The Bertz CT molecular complexity index is 343. The zero-order valence-corrected chi connectivity index (χ0v) is 11.8. The molecule has 0 radical (unpaired) electrons. The minimum atomic E-state index is -0.206. The fraction of sp³-hybridized carbons (Fsp3) is 0.600. The van der Waals surface area contributed by atoms with Gasteiger partial charge < -0.3 is 9.64 Å². The van der Waals surface area contributed by atoms with E-state index in [-0.39, 0.29) is 12.5 Å². The Hall–Kier alpha value is -0.620. The molecule has 90 valence electrons. The van der Waals surface area contributed by atoms with Gasteiger partial charge >= 0.3 is 5.97 Å². The quantitative estimate of drug-likeness (QED) is 0.758. The molecule has 0 amide bonds. The van der Waals surface area contributed by atoms with Gasteiger partial charge in [-0.15, -0.1) is 11.3 Å². The van der Waals surface area contributed by atoms with E-state index >= 15 is 0 Å². The van der Waals surface area contributed by atoms with E-state index in [0.29, 0.717) is 6.61 Å². The van der Waals surface area contributed by atoms with Crippen LogP contribution in [0, 0.1) is 0 Å². The first-order valence-electron chi connectivity index (χ1n) is 5.19. The van der Waals surface area contributed by atoms with Crippen molar-refractivity contribution in [2.24, 2.45) is 0 Å². The molecule has 0 saturated carbocycles. The van der Waals surface area contributed by atoms with E-state index in [2.05, 4.69) is 27.8 Å². The Labute approximate surface area is 108 Å². The normalized spacial score (nSPS) is 10.2. The van der Waals surface area contributed by atoms with Gasteiger partial charge in [0.25, 0.3) is 0 Å². The van der Waals surface area contributed by atoms with Crippen molar-refractivity contribution in [1.82, 2.24) is 4.98 Å². The van der Waals surface area contributed by atoms with E-state index in [1.54, 1.807) is 0 Å². The van der Waals surface area contributed by atoms with E-state index in [1.165, 1.54) is 11.3 Å². The number of carbonyl (C=O) groups excluding carboxylic acids is 1. The summed E-state index contributed by atoms with van der Waals surface area (Å²) in [5, 5.41) is 2.75. The van der Waals surface area contributed by atoms with E-state index in [1.807, 2.05) is 17.2 Å². The third kappa shape index (κ3) is 4.09. The Morgan fingerprint density at radius 3 is 2.88 bits per heavy atom. The summed E-state index contributed by atoms with van der Waals surface area (Å²) in [5.41, 5.74) is 0. The molecule has 16 heavy (non-hydrogen) atoms. The van der Waals surface area contributed by atoms with Crippen LogP contribution in [0.4, 0.5) is 5.13 Å². The molecule has 0 aliphatic heterocycles. The molecular weight excluding hydrogens is 292 g/mol. The van der Waals surface area contributed by atoms with Crippen molar-refractivity contribution in [1.29, 1.82) is 0 Å². The predicted molar refractivity (Wildman–Crippen MR) is 69.0 cm³/mol. The molecular formula is C10H15BrN2O2S. The second-order valence-electron chi connectivity index (χ2n) is 3.18. The van der Waals surface area contributed by atoms with Crippen molar-refractivity contribution in [3.63, 3.8) is 0 Å². The van der Waals surface area contributed by atoms with Gasteiger partial charge in [-0.05, 0) is 29.3 Å². The molecule has 0 fully saturated rings. The molecule has 4 nitrogen and oxygen atoms in total. The summed E-state index contributed by atoms with van der Waals surface area (Å²) in [5.74, 6) is -0.206. The predicted octanol–water partition coefficient (Wildman–Crippen LogP) is 2.69. The van der Waals surface area contributed by atoms with Crippen LogP contribution in [0.2, 0.25) is 0 Å². The van der Waals surface area contributed by atoms with Gasteiger partial charge in [-0.25, -0.2) is 4.98 Å². The molecule has 0 unspecified atom stereocenters. The number of halogens is 1. The molecule has 0 N–H and O–H groups in total. The minimum absolute atomic E-state index is 0.206. The van der Waals surface area contributed by atoms with Crippen LogP contribution >= 0.6 is 27.3 Å². The average Bonchev–Trinajstić information content (AvgIpc) is 2.64. The van der Waals surface area contributed by atoms with E-state index in [9.17, 15) is 4.79 Å². The number of hydrogen-bond donors (Lipinski definition) is 0. The van der Waals surface area contributed by atoms with Gasteiger partial charge in [0.05, 0.1) is 6.61 Å². The molecule has 1 aromatic rings. The maximum absolute atomic E-state index is 11.4. The Kier molecular flexibility index (Phi) is 5.76. The van der Waals surface area contributed by atoms with Crippen molar-refractivity contribution < 1.29 is 9.53 Å². The van der Waals surface area contributed by atoms with Crippen LogP contribution in [0.15, 0.2) is 9.98 Å². The molecule has 6 heteroatoms. The highest BCUT2D eigenvalue weighted by Crippen LogP contribution is 2.23. The monoisotopic (exact) mass is 306 g/mol. The van der Waals surface area contributed by atoms with Crippen molar-refractivity contribution in [3.05, 3.63) is 9.98 Å². The second kappa shape index (κ2) is 6.85. The molecule has 0 atom stereocenters. The summed E-state index contributed by atoms with van der Waals surface area (Å²) in [7, 11) is 0. The van der Waals surface area contributed by atoms with Crippen LogP contribution in [-0.2, 0) is 9.53 Å². The molecule has 0 bridgehead atoms. The van der Waals surface area contributed by atoms with Crippen molar-refractivity contribution in [2.75, 3.05) is 24.6 Å². The minimum Gasteiger partial charge on any atom is -0.465 e. The molecule has 0 saturated heterocycles. The average molecular weight is 307 g/mol. The highest BCUT2D eigenvalue weighted by molar-refractivity contribution is 9.10. The van der Waals surface area contributed by atoms with Crippen molar-refractivity contribution in [3.8, 4) is 0 Å². The number of esters is 1. The molecule has 1 rings (SSSR count). The molecule has 0 aliphatic carbocycles. The number of nitrogens with zero attached hydrogens (tertiary/aromatic N) is 2. The lowest BCUT2D eigenvalue weighted by atomic mass is 10.4. The van der Waals surface area contributed by atoms with Gasteiger partial charge in [0, 0.05) is 11.9 Å². The van der Waals surface area contributed by atoms with Gasteiger partial charge in [0.15, 0.2) is 5.13 Å². The SMILES string of the molecule is CCCN(CC(=O)OCC)c1nc(Br)cs1. The van der Waals surface area contributed by atoms with Gasteiger partial charge in [0.1, 0.15) is 11.1 Å². The fourth-order valence-electron chi connectivity index (χ4n) is 1.27. The van der Waals surface area contributed by atoms with Gasteiger partial charge in [0.2, 0.25) is 0 Å². The lowest BCUT2D eigenvalue weighted by Gasteiger charge is -2.19. The van der Waals surface area contributed by atoms with Crippen molar-refractivity contribution >= 4 is 38.4 Å². The van der Waals surface area contributed by atoms with Crippen LogP contribution in [0.1, 0.15) is 20.3 Å². The van der Waals surface area contributed by atoms with E-state index in [4.69, 9.17) is 4.74 Å².